The van der Waals surface area contributed by atoms with Crippen LogP contribution < -0.4 is 5.32 Å². The van der Waals surface area contributed by atoms with E-state index in [1.54, 1.807) is 31.1 Å². The molecule has 30 heavy (non-hydrogen) atoms. The van der Waals surface area contributed by atoms with Crippen molar-refractivity contribution in [2.75, 3.05) is 7.05 Å². The second kappa shape index (κ2) is 10.5. The Morgan fingerprint density at radius 3 is 2.60 bits per heavy atom. The summed E-state index contributed by atoms with van der Waals surface area (Å²) in [5, 5.41) is 5.36. The third-order valence-corrected chi connectivity index (χ3v) is 6.08. The van der Waals surface area contributed by atoms with Crippen LogP contribution in [0.3, 0.4) is 0 Å². The first-order valence-corrected chi connectivity index (χ1v) is 11.3. The lowest BCUT2D eigenvalue weighted by molar-refractivity contribution is 0.273. The molecule has 0 unspecified atom stereocenters. The van der Waals surface area contributed by atoms with Gasteiger partial charge in [-0.3, -0.25) is 4.98 Å². The molecule has 2 aromatic heterocycles. The number of halogens is 2. The first kappa shape index (κ1) is 22.9. The minimum atomic E-state index is 0.215. The van der Waals surface area contributed by atoms with E-state index in [2.05, 4.69) is 28.7 Å². The maximum absolute atomic E-state index is 6.22. The number of nitrogens with zero attached hydrogens (tertiary/aromatic N) is 3. The van der Waals surface area contributed by atoms with Gasteiger partial charge in [0.15, 0.2) is 0 Å². The fourth-order valence-corrected chi connectivity index (χ4v) is 4.81. The van der Waals surface area contributed by atoms with Crippen molar-refractivity contribution in [1.29, 1.82) is 0 Å². The highest BCUT2D eigenvalue weighted by molar-refractivity contribution is 7.99. The molecule has 0 amide bonds. The van der Waals surface area contributed by atoms with Gasteiger partial charge in [-0.15, -0.1) is 0 Å². The van der Waals surface area contributed by atoms with E-state index in [4.69, 9.17) is 45.1 Å². The predicted octanol–water partition coefficient (Wildman–Crippen LogP) is 5.93. The van der Waals surface area contributed by atoms with Gasteiger partial charge in [-0.05, 0) is 48.0 Å². The first-order valence-electron chi connectivity index (χ1n) is 9.34. The van der Waals surface area contributed by atoms with Crippen molar-refractivity contribution < 1.29 is 4.74 Å². The predicted molar refractivity (Wildman–Crippen MR) is 127 cm³/mol. The minimum Gasteiger partial charge on any atom is -0.463 e. The van der Waals surface area contributed by atoms with Crippen molar-refractivity contribution in [2.24, 2.45) is 0 Å². The summed E-state index contributed by atoms with van der Waals surface area (Å²) in [6, 6.07) is 9.48. The minimum absolute atomic E-state index is 0.215. The Morgan fingerprint density at radius 1 is 1.27 bits per heavy atom. The lowest BCUT2D eigenvalue weighted by Crippen LogP contribution is -2.20. The molecule has 3 aromatic rings. The molecule has 0 fully saturated rings. The van der Waals surface area contributed by atoms with E-state index in [1.165, 1.54) is 0 Å². The lowest BCUT2D eigenvalue weighted by Gasteiger charge is -2.14. The van der Waals surface area contributed by atoms with E-state index in [0.29, 0.717) is 21.8 Å². The zero-order chi connectivity index (χ0) is 21.7. The molecular weight excluding hydrogens is 459 g/mol. The Balaban J connectivity index is 2.06. The summed E-state index contributed by atoms with van der Waals surface area (Å²) in [5.41, 5.74) is 2.04. The highest BCUT2D eigenvalue weighted by atomic mass is 35.5. The number of imidazole rings is 1. The second-order valence-electron chi connectivity index (χ2n) is 6.85. The number of hydrogen-bond acceptors (Lipinski definition) is 5. The maximum atomic E-state index is 6.22. The van der Waals surface area contributed by atoms with Gasteiger partial charge in [-0.1, -0.05) is 54.9 Å². The van der Waals surface area contributed by atoms with Crippen LogP contribution in [0.5, 0.6) is 0 Å². The zero-order valence-electron chi connectivity index (χ0n) is 16.9. The molecule has 0 aliphatic carbocycles. The molecule has 1 aromatic carbocycles. The number of nitrogens with one attached hydrogen (secondary N) is 1. The molecule has 0 radical (unpaired) electrons. The Hall–Kier alpha value is -1.80. The molecule has 2 heterocycles. The van der Waals surface area contributed by atoms with E-state index in [9.17, 15) is 0 Å². The first-order chi connectivity index (χ1) is 14.4. The van der Waals surface area contributed by atoms with E-state index in [1.807, 2.05) is 30.5 Å². The van der Waals surface area contributed by atoms with Gasteiger partial charge in [-0.25, -0.2) is 4.98 Å². The summed E-state index contributed by atoms with van der Waals surface area (Å²) < 4.78 is 7.80. The monoisotopic (exact) mass is 480 g/mol. The van der Waals surface area contributed by atoms with Crippen molar-refractivity contribution >= 4 is 52.4 Å². The average Bonchev–Trinajstić information content (AvgIpc) is 3.03. The Bertz CT molecular complexity index is 1010. The molecule has 1 N–H and O–H groups in total. The van der Waals surface area contributed by atoms with Gasteiger partial charge in [0.25, 0.3) is 5.17 Å². The molecule has 0 atom stereocenters. The van der Waals surface area contributed by atoms with Crippen LogP contribution in [0.2, 0.25) is 10.0 Å². The van der Waals surface area contributed by atoms with Crippen LogP contribution in [0.25, 0.3) is 0 Å². The zero-order valence-corrected chi connectivity index (χ0v) is 20.0. The summed E-state index contributed by atoms with van der Waals surface area (Å²) in [6.07, 6.45) is 3.61. The average molecular weight is 481 g/mol. The standard InChI is InChI=1S/C21H22Cl2N4OS2/c1-13(2)19-20(30-17-8-15(22)7-16(23)9-17)27(11-14-5-4-6-25-10-14)18(26-19)12-28-21(29)24-3/h4-10,13H,11-12H2,1-3H3,(H,24,29). The quantitative estimate of drug-likeness (QED) is 0.423. The molecule has 5 nitrogen and oxygen atoms in total. The van der Waals surface area contributed by atoms with Crippen LogP contribution in [0.1, 0.15) is 36.8 Å². The SMILES string of the molecule is CNC(=S)OCc1nc(C(C)C)c(Sc2cc(Cl)cc(Cl)c2)n1Cc1cccnc1. The number of thiocarbonyl (C=S) groups is 1. The summed E-state index contributed by atoms with van der Waals surface area (Å²) in [5.74, 6) is 1.00. The fourth-order valence-electron chi connectivity index (χ4n) is 2.83. The number of pyridine rings is 1. The normalized spacial score (nSPS) is 11.0. The molecule has 0 saturated carbocycles. The molecule has 0 saturated heterocycles. The molecule has 9 heteroatoms. The number of rotatable bonds is 7. The maximum Gasteiger partial charge on any atom is 0.256 e. The molecule has 0 aliphatic heterocycles. The van der Waals surface area contributed by atoms with E-state index >= 15 is 0 Å². The number of aromatic nitrogens is 3. The Labute approximate surface area is 196 Å². The third-order valence-electron chi connectivity index (χ3n) is 4.22. The molecule has 3 rings (SSSR count). The molecule has 0 aliphatic rings. The number of ether oxygens (including phenoxy) is 1. The fraction of sp³-hybridized carbons (Fsp3) is 0.286. The summed E-state index contributed by atoms with van der Waals surface area (Å²) in [4.78, 5) is 10.1. The van der Waals surface area contributed by atoms with E-state index in [-0.39, 0.29) is 12.5 Å². The van der Waals surface area contributed by atoms with Crippen LogP contribution >= 0.6 is 47.2 Å². The molecular formula is C21H22Cl2N4OS2. The number of hydrogen-bond donors (Lipinski definition) is 1. The Kier molecular flexibility index (Phi) is 7.99. The smallest absolute Gasteiger partial charge is 0.256 e. The van der Waals surface area contributed by atoms with Crippen molar-refractivity contribution in [3.63, 3.8) is 0 Å². The van der Waals surface area contributed by atoms with Gasteiger partial charge >= 0.3 is 0 Å². The van der Waals surface area contributed by atoms with Gasteiger partial charge in [0.2, 0.25) is 0 Å². The number of benzene rings is 1. The van der Waals surface area contributed by atoms with Gasteiger partial charge < -0.3 is 14.6 Å². The largest absolute Gasteiger partial charge is 0.463 e. The molecule has 0 bridgehead atoms. The van der Waals surface area contributed by atoms with E-state index < -0.39 is 0 Å². The highest BCUT2D eigenvalue weighted by Crippen LogP contribution is 2.37. The van der Waals surface area contributed by atoms with Crippen molar-refractivity contribution in [3.05, 3.63) is 69.9 Å². The van der Waals surface area contributed by atoms with Gasteiger partial charge in [-0.2, -0.15) is 0 Å². The summed E-state index contributed by atoms with van der Waals surface area (Å²) in [7, 11) is 1.73. The third kappa shape index (κ3) is 5.88. The molecule has 0 spiro atoms. The van der Waals surface area contributed by atoms with Crippen molar-refractivity contribution in [3.8, 4) is 0 Å². The summed E-state index contributed by atoms with van der Waals surface area (Å²) in [6.45, 7) is 5.11. The van der Waals surface area contributed by atoms with Gasteiger partial charge in [0.1, 0.15) is 17.5 Å². The van der Waals surface area contributed by atoms with E-state index in [0.717, 1.165) is 27.0 Å². The van der Waals surface area contributed by atoms with Crippen molar-refractivity contribution in [2.45, 2.75) is 42.8 Å². The summed E-state index contributed by atoms with van der Waals surface area (Å²) >= 11 is 19.2. The van der Waals surface area contributed by atoms with Crippen LogP contribution in [-0.2, 0) is 17.9 Å². The highest BCUT2D eigenvalue weighted by Gasteiger charge is 2.22. The topological polar surface area (TPSA) is 52.0 Å². The lowest BCUT2D eigenvalue weighted by atomic mass is 10.1. The Morgan fingerprint density at radius 2 is 2.00 bits per heavy atom. The van der Waals surface area contributed by atoms with Gasteiger partial charge in [0, 0.05) is 34.4 Å². The van der Waals surface area contributed by atoms with Crippen LogP contribution in [0, 0.1) is 0 Å². The van der Waals surface area contributed by atoms with Crippen LogP contribution in [0.4, 0.5) is 0 Å². The van der Waals surface area contributed by atoms with Crippen LogP contribution in [-0.4, -0.2) is 26.8 Å². The van der Waals surface area contributed by atoms with Crippen molar-refractivity contribution in [1.82, 2.24) is 19.9 Å². The second-order valence-corrected chi connectivity index (χ2v) is 9.16. The molecule has 158 valence electrons. The van der Waals surface area contributed by atoms with Crippen LogP contribution in [0.15, 0.2) is 52.6 Å². The van der Waals surface area contributed by atoms with Gasteiger partial charge in [0.05, 0.1) is 12.2 Å².